The second-order valence-electron chi connectivity index (χ2n) is 5.94. The van der Waals surface area contributed by atoms with Gasteiger partial charge in [0.25, 0.3) is 0 Å². The minimum atomic E-state index is 0.0555. The van der Waals surface area contributed by atoms with Gasteiger partial charge in [0, 0.05) is 30.5 Å². The first-order chi connectivity index (χ1) is 9.74. The Bertz CT molecular complexity index is 452. The van der Waals surface area contributed by atoms with Crippen molar-refractivity contribution in [3.05, 3.63) is 18.5 Å². The van der Waals surface area contributed by atoms with Gasteiger partial charge in [-0.15, -0.1) is 0 Å². The van der Waals surface area contributed by atoms with Crippen LogP contribution >= 0.6 is 0 Å². The maximum atomic E-state index is 12.1. The molecule has 5 heteroatoms. The molecule has 5 nitrogen and oxygen atoms in total. The zero-order chi connectivity index (χ0) is 14.0. The molecule has 1 amide bonds. The van der Waals surface area contributed by atoms with Crippen LogP contribution in [0.15, 0.2) is 18.5 Å². The molecule has 0 saturated heterocycles. The molecule has 1 heterocycles. The van der Waals surface area contributed by atoms with Gasteiger partial charge in [0.15, 0.2) is 0 Å². The molecule has 1 N–H and O–H groups in total. The molecule has 0 aromatic carbocycles. The molecule has 0 bridgehead atoms. The number of hydrogen-bond acceptors (Lipinski definition) is 3. The molecular weight excluding hydrogens is 254 g/mol. The lowest BCUT2D eigenvalue weighted by molar-refractivity contribution is -0.144. The van der Waals surface area contributed by atoms with Gasteiger partial charge in [-0.3, -0.25) is 9.48 Å². The highest BCUT2D eigenvalue weighted by Crippen LogP contribution is 2.54. The minimum absolute atomic E-state index is 0.0555. The first kappa shape index (κ1) is 13.6. The van der Waals surface area contributed by atoms with E-state index < -0.39 is 0 Å². The van der Waals surface area contributed by atoms with Gasteiger partial charge in [-0.2, -0.15) is 5.10 Å². The summed E-state index contributed by atoms with van der Waals surface area (Å²) in [4.78, 5) is 12.1. The SMILES string of the molecule is CCO[C@@H]1C[C@H](NC(=O)Cn2cccn2)C12CCCC2. The third-order valence-electron chi connectivity index (χ3n) is 4.89. The van der Waals surface area contributed by atoms with Gasteiger partial charge in [0.1, 0.15) is 6.54 Å². The molecule has 1 aromatic rings. The summed E-state index contributed by atoms with van der Waals surface area (Å²) in [6, 6.07) is 2.12. The Morgan fingerprint density at radius 1 is 1.50 bits per heavy atom. The van der Waals surface area contributed by atoms with Gasteiger partial charge < -0.3 is 10.1 Å². The van der Waals surface area contributed by atoms with E-state index in [0.29, 0.717) is 12.6 Å². The van der Waals surface area contributed by atoms with E-state index in [2.05, 4.69) is 10.4 Å². The molecule has 20 heavy (non-hydrogen) atoms. The van der Waals surface area contributed by atoms with Crippen molar-refractivity contribution in [1.82, 2.24) is 15.1 Å². The third kappa shape index (κ3) is 2.35. The van der Waals surface area contributed by atoms with Crippen molar-refractivity contribution in [1.29, 1.82) is 0 Å². The molecule has 1 spiro atoms. The van der Waals surface area contributed by atoms with Gasteiger partial charge in [-0.25, -0.2) is 0 Å². The van der Waals surface area contributed by atoms with E-state index in [1.165, 1.54) is 25.7 Å². The fourth-order valence-corrected chi connectivity index (χ4v) is 3.87. The van der Waals surface area contributed by atoms with E-state index in [1.807, 2.05) is 19.2 Å². The van der Waals surface area contributed by atoms with Crippen LogP contribution in [0.3, 0.4) is 0 Å². The third-order valence-corrected chi connectivity index (χ3v) is 4.89. The Morgan fingerprint density at radius 2 is 2.30 bits per heavy atom. The van der Waals surface area contributed by atoms with Crippen molar-refractivity contribution in [2.45, 2.75) is 57.7 Å². The van der Waals surface area contributed by atoms with Crippen molar-refractivity contribution in [3.63, 3.8) is 0 Å². The van der Waals surface area contributed by atoms with Crippen molar-refractivity contribution in [2.75, 3.05) is 6.61 Å². The summed E-state index contributed by atoms with van der Waals surface area (Å²) in [6.07, 6.45) is 9.69. The molecule has 3 rings (SSSR count). The predicted octanol–water partition coefficient (Wildman–Crippen LogP) is 1.74. The van der Waals surface area contributed by atoms with Gasteiger partial charge in [0.2, 0.25) is 5.91 Å². The van der Waals surface area contributed by atoms with E-state index >= 15 is 0 Å². The van der Waals surface area contributed by atoms with Crippen LogP contribution in [-0.4, -0.2) is 34.4 Å². The Hall–Kier alpha value is -1.36. The molecule has 2 aliphatic rings. The summed E-state index contributed by atoms with van der Waals surface area (Å²) in [5.41, 5.74) is 0.204. The monoisotopic (exact) mass is 277 g/mol. The smallest absolute Gasteiger partial charge is 0.241 e. The molecule has 110 valence electrons. The van der Waals surface area contributed by atoms with Gasteiger partial charge in [-0.05, 0) is 32.3 Å². The van der Waals surface area contributed by atoms with Crippen LogP contribution in [0.5, 0.6) is 0 Å². The van der Waals surface area contributed by atoms with E-state index in [4.69, 9.17) is 4.74 Å². The van der Waals surface area contributed by atoms with Crippen LogP contribution in [0.1, 0.15) is 39.0 Å². The van der Waals surface area contributed by atoms with Crippen LogP contribution in [-0.2, 0) is 16.1 Å². The first-order valence-electron chi connectivity index (χ1n) is 7.63. The molecule has 2 atom stereocenters. The summed E-state index contributed by atoms with van der Waals surface area (Å²) < 4.78 is 7.53. The van der Waals surface area contributed by atoms with E-state index in [1.54, 1.807) is 10.9 Å². The van der Waals surface area contributed by atoms with Crippen LogP contribution in [0.25, 0.3) is 0 Å². The Morgan fingerprint density at radius 3 is 2.95 bits per heavy atom. The van der Waals surface area contributed by atoms with Gasteiger partial charge >= 0.3 is 0 Å². The number of carbonyl (C=O) groups is 1. The van der Waals surface area contributed by atoms with Crippen molar-refractivity contribution >= 4 is 5.91 Å². The molecule has 0 aliphatic heterocycles. The van der Waals surface area contributed by atoms with E-state index in [0.717, 1.165) is 13.0 Å². The molecule has 0 radical (unpaired) electrons. The Labute approximate surface area is 119 Å². The first-order valence-corrected chi connectivity index (χ1v) is 7.63. The fraction of sp³-hybridized carbons (Fsp3) is 0.733. The highest BCUT2D eigenvalue weighted by atomic mass is 16.5. The lowest BCUT2D eigenvalue weighted by Gasteiger charge is -2.54. The second-order valence-corrected chi connectivity index (χ2v) is 5.94. The van der Waals surface area contributed by atoms with Crippen molar-refractivity contribution < 1.29 is 9.53 Å². The molecular formula is C15H23N3O2. The van der Waals surface area contributed by atoms with Crippen molar-refractivity contribution in [3.8, 4) is 0 Å². The summed E-state index contributed by atoms with van der Waals surface area (Å²) in [7, 11) is 0. The Balaban J connectivity index is 1.59. The van der Waals surface area contributed by atoms with Gasteiger partial charge in [0.05, 0.1) is 6.10 Å². The lowest BCUT2D eigenvalue weighted by Crippen LogP contribution is -2.64. The number of amides is 1. The van der Waals surface area contributed by atoms with Crippen LogP contribution in [0, 0.1) is 5.41 Å². The summed E-state index contributed by atoms with van der Waals surface area (Å²) in [5, 5.41) is 7.27. The summed E-state index contributed by atoms with van der Waals surface area (Å²) in [5.74, 6) is 0.0555. The van der Waals surface area contributed by atoms with Crippen LogP contribution in [0.2, 0.25) is 0 Å². The molecule has 2 aliphatic carbocycles. The van der Waals surface area contributed by atoms with Crippen LogP contribution in [0.4, 0.5) is 0 Å². The fourth-order valence-electron chi connectivity index (χ4n) is 3.87. The largest absolute Gasteiger partial charge is 0.378 e. The van der Waals surface area contributed by atoms with Gasteiger partial charge in [-0.1, -0.05) is 12.8 Å². The number of aromatic nitrogens is 2. The zero-order valence-corrected chi connectivity index (χ0v) is 12.0. The topological polar surface area (TPSA) is 56.1 Å². The highest BCUT2D eigenvalue weighted by Gasteiger charge is 2.57. The number of carbonyl (C=O) groups excluding carboxylic acids is 1. The average Bonchev–Trinajstić information content (AvgIpc) is 3.09. The minimum Gasteiger partial charge on any atom is -0.378 e. The number of rotatable bonds is 5. The predicted molar refractivity (Wildman–Crippen MR) is 75.1 cm³/mol. The van der Waals surface area contributed by atoms with Crippen molar-refractivity contribution in [2.24, 2.45) is 5.41 Å². The number of hydrogen-bond donors (Lipinski definition) is 1. The maximum Gasteiger partial charge on any atom is 0.241 e. The van der Waals surface area contributed by atoms with E-state index in [9.17, 15) is 4.79 Å². The highest BCUT2D eigenvalue weighted by molar-refractivity contribution is 5.76. The summed E-state index contributed by atoms with van der Waals surface area (Å²) >= 11 is 0. The summed E-state index contributed by atoms with van der Waals surface area (Å²) in [6.45, 7) is 3.12. The molecule has 0 unspecified atom stereocenters. The number of nitrogens with zero attached hydrogens (tertiary/aromatic N) is 2. The lowest BCUT2D eigenvalue weighted by atomic mass is 9.60. The standard InChI is InChI=1S/C15H23N3O2/c1-2-20-13-10-12(15(13)6-3-4-7-15)17-14(19)11-18-9-5-8-16-18/h5,8-9,12-13H,2-4,6-7,10-11H2,1H3,(H,17,19)/t12-,13+/m0/s1. The number of nitrogens with one attached hydrogen (secondary N) is 1. The normalized spacial score (nSPS) is 27.4. The van der Waals surface area contributed by atoms with Crippen LogP contribution < -0.4 is 5.32 Å². The molecule has 2 saturated carbocycles. The maximum absolute atomic E-state index is 12.1. The second kappa shape index (κ2) is 5.56. The van der Waals surface area contributed by atoms with E-state index in [-0.39, 0.29) is 17.4 Å². The Kier molecular flexibility index (Phi) is 3.78. The average molecular weight is 277 g/mol. The zero-order valence-electron chi connectivity index (χ0n) is 12.0. The quantitative estimate of drug-likeness (QED) is 0.892. The number of ether oxygens (including phenoxy) is 1. The molecule has 1 aromatic heterocycles. The molecule has 2 fully saturated rings.